The van der Waals surface area contributed by atoms with Gasteiger partial charge < -0.3 is 103 Å². The maximum absolute atomic E-state index is 11.0. The third-order valence-corrected chi connectivity index (χ3v) is 12.8. The van der Waals surface area contributed by atoms with Crippen LogP contribution >= 0.6 is 8.60 Å². The summed E-state index contributed by atoms with van der Waals surface area (Å²) in [5.41, 5.74) is 0. The summed E-state index contributed by atoms with van der Waals surface area (Å²) in [7, 11) is -1.24. The first-order valence-corrected chi connectivity index (χ1v) is 21.3. The van der Waals surface area contributed by atoms with Gasteiger partial charge in [-0.1, -0.05) is 6.92 Å². The van der Waals surface area contributed by atoms with Gasteiger partial charge >= 0.3 is 8.60 Å². The van der Waals surface area contributed by atoms with E-state index in [2.05, 4.69) is 4.67 Å². The number of methoxy groups -OCH3 is 1. The summed E-state index contributed by atoms with van der Waals surface area (Å²) >= 11 is 0. The smallest absolute Gasteiger partial charge is 0.363 e. The van der Waals surface area contributed by atoms with Crippen molar-refractivity contribution in [2.45, 2.75) is 131 Å². The van der Waals surface area contributed by atoms with Crippen LogP contribution in [0.4, 0.5) is 0 Å². The standard InChI is InChI=1S/C36H67O23P/c1-5-19-23(8-39)55-26(32(45)29(19)42)14-51-11-21-22(12-52-60(59-48)58-18(6-37)7-38)35(57-36-34(47)33(46)28(41)17(3)54-36)27(56-24(21)9-40)15-50-10-20-16(2)53-25(13-49-4)31(44)30(20)43/h16-48H,5-15H2,1-4H3. The minimum absolute atomic E-state index is 0.0370. The first kappa shape index (κ1) is 52.1. The van der Waals surface area contributed by atoms with Crippen molar-refractivity contribution < 1.29 is 113 Å². The second-order valence-electron chi connectivity index (χ2n) is 15.7. The molecule has 0 saturated carbocycles. The number of rotatable bonds is 23. The number of hydrogen-bond acceptors (Lipinski definition) is 23. The van der Waals surface area contributed by atoms with Crippen molar-refractivity contribution in [1.82, 2.24) is 0 Å². The molecular formula is C36H67O23P. The Morgan fingerprint density at radius 2 is 1.12 bits per heavy atom. The lowest BCUT2D eigenvalue weighted by Crippen LogP contribution is -2.62. The molecule has 4 heterocycles. The SMILES string of the molecule is CCC1C(CO)OC(COCC2C(CO)OC(COCC3C(C)OC(COC)C(O)C3O)C(OC3OC(C)C(O)C(O)C3O)C2COP(OO)OC(CO)CO)C(O)C1O. The van der Waals surface area contributed by atoms with E-state index in [0.29, 0.717) is 6.42 Å². The molecule has 21 atom stereocenters. The van der Waals surface area contributed by atoms with Crippen molar-refractivity contribution >= 4 is 8.60 Å². The zero-order chi connectivity index (χ0) is 44.3. The summed E-state index contributed by atoms with van der Waals surface area (Å²) in [5, 5.41) is 125. The van der Waals surface area contributed by atoms with Crippen molar-refractivity contribution in [3.05, 3.63) is 0 Å². The monoisotopic (exact) mass is 898 g/mol. The molecule has 0 radical (unpaired) electrons. The molecule has 24 heteroatoms. The Bertz CT molecular complexity index is 1200. The van der Waals surface area contributed by atoms with E-state index in [1.807, 2.05) is 0 Å². The fourth-order valence-corrected chi connectivity index (χ4v) is 9.02. The molecule has 4 saturated heterocycles. The van der Waals surface area contributed by atoms with E-state index in [0.717, 1.165) is 0 Å². The number of hydrogen-bond donors (Lipinski definition) is 12. The number of ether oxygens (including phenoxy) is 8. The number of aliphatic hydroxyl groups is 11. The van der Waals surface area contributed by atoms with Gasteiger partial charge in [0.05, 0.1) is 109 Å². The van der Waals surface area contributed by atoms with Gasteiger partial charge in [0, 0.05) is 30.8 Å². The van der Waals surface area contributed by atoms with Crippen LogP contribution in [-0.2, 0) is 51.6 Å². The van der Waals surface area contributed by atoms with E-state index >= 15 is 0 Å². The maximum atomic E-state index is 11.0. The van der Waals surface area contributed by atoms with Gasteiger partial charge in [-0.15, -0.1) is 0 Å². The molecule has 4 aliphatic rings. The zero-order valence-corrected chi connectivity index (χ0v) is 35.1. The van der Waals surface area contributed by atoms with Crippen LogP contribution < -0.4 is 0 Å². The Balaban J connectivity index is 1.63. The second kappa shape index (κ2) is 25.3. The van der Waals surface area contributed by atoms with Crippen LogP contribution in [0.15, 0.2) is 0 Å². The van der Waals surface area contributed by atoms with E-state index in [-0.39, 0.29) is 33.0 Å². The van der Waals surface area contributed by atoms with E-state index in [4.69, 9.17) is 46.9 Å². The molecule has 4 fully saturated rings. The summed E-state index contributed by atoms with van der Waals surface area (Å²) < 4.78 is 63.0. The Morgan fingerprint density at radius 1 is 0.550 bits per heavy atom. The van der Waals surface area contributed by atoms with Crippen molar-refractivity contribution in [1.29, 1.82) is 0 Å². The van der Waals surface area contributed by atoms with Crippen LogP contribution in [0.5, 0.6) is 0 Å². The molecule has 0 bridgehead atoms. The van der Waals surface area contributed by atoms with Gasteiger partial charge in [0.1, 0.15) is 54.9 Å². The molecule has 4 aliphatic heterocycles. The zero-order valence-electron chi connectivity index (χ0n) is 34.2. The van der Waals surface area contributed by atoms with Gasteiger partial charge in [0.2, 0.25) is 0 Å². The van der Waals surface area contributed by atoms with Gasteiger partial charge in [-0.25, -0.2) is 5.26 Å². The van der Waals surface area contributed by atoms with Crippen molar-refractivity contribution in [3.8, 4) is 0 Å². The van der Waals surface area contributed by atoms with Gasteiger partial charge in [-0.3, -0.25) is 0 Å². The van der Waals surface area contributed by atoms with Crippen LogP contribution in [0, 0.1) is 23.7 Å². The molecule has 12 N–H and O–H groups in total. The first-order chi connectivity index (χ1) is 28.7. The molecule has 354 valence electrons. The molecule has 0 aliphatic carbocycles. The summed E-state index contributed by atoms with van der Waals surface area (Å²) in [6.07, 6.45) is -20.3. The quantitative estimate of drug-likeness (QED) is 0.0262. The summed E-state index contributed by atoms with van der Waals surface area (Å²) in [5.74, 6) is -3.20. The van der Waals surface area contributed by atoms with E-state index in [9.17, 15) is 61.4 Å². The van der Waals surface area contributed by atoms with Gasteiger partial charge in [0.25, 0.3) is 0 Å². The highest BCUT2D eigenvalue weighted by atomic mass is 31.2. The average Bonchev–Trinajstić information content (AvgIpc) is 3.24. The van der Waals surface area contributed by atoms with E-state index in [1.54, 1.807) is 13.8 Å². The predicted octanol–water partition coefficient (Wildman–Crippen LogP) is -4.39. The molecule has 4 rings (SSSR count). The molecule has 0 aromatic carbocycles. The molecular weight excluding hydrogens is 831 g/mol. The predicted molar refractivity (Wildman–Crippen MR) is 200 cm³/mol. The largest absolute Gasteiger partial charge is 0.394 e. The second-order valence-corrected chi connectivity index (χ2v) is 16.8. The summed E-state index contributed by atoms with van der Waals surface area (Å²) in [6.45, 7) is 1.06. The van der Waals surface area contributed by atoms with Crippen molar-refractivity contribution in [2.75, 3.05) is 73.2 Å². The molecule has 0 aromatic heterocycles. The number of aliphatic hydroxyl groups excluding tert-OH is 11. The van der Waals surface area contributed by atoms with Gasteiger partial charge in [-0.2, -0.15) is 4.67 Å². The minimum Gasteiger partial charge on any atom is -0.394 e. The van der Waals surface area contributed by atoms with E-state index < -0.39 is 169 Å². The van der Waals surface area contributed by atoms with Crippen LogP contribution in [0.1, 0.15) is 27.2 Å². The van der Waals surface area contributed by atoms with Crippen molar-refractivity contribution in [3.63, 3.8) is 0 Å². The average molecular weight is 899 g/mol. The third-order valence-electron chi connectivity index (χ3n) is 11.9. The van der Waals surface area contributed by atoms with Crippen LogP contribution in [0.25, 0.3) is 0 Å². The lowest BCUT2D eigenvalue weighted by atomic mass is 9.79. The lowest BCUT2D eigenvalue weighted by molar-refractivity contribution is -0.334. The molecule has 0 spiro atoms. The molecule has 21 unspecified atom stereocenters. The minimum atomic E-state index is -2.67. The van der Waals surface area contributed by atoms with Crippen molar-refractivity contribution in [2.24, 2.45) is 23.7 Å². The molecule has 0 amide bonds. The lowest BCUT2D eigenvalue weighted by Gasteiger charge is -2.49. The fraction of sp³-hybridized carbons (Fsp3) is 1.00. The molecule has 60 heavy (non-hydrogen) atoms. The van der Waals surface area contributed by atoms with E-state index in [1.165, 1.54) is 14.0 Å². The van der Waals surface area contributed by atoms with Gasteiger partial charge in [0.15, 0.2) is 6.29 Å². The topological polar surface area (TPSA) is 344 Å². The third kappa shape index (κ3) is 12.9. The molecule has 23 nitrogen and oxygen atoms in total. The first-order valence-electron chi connectivity index (χ1n) is 20.2. The van der Waals surface area contributed by atoms with Crippen LogP contribution in [0.3, 0.4) is 0 Å². The van der Waals surface area contributed by atoms with Crippen LogP contribution in [0.2, 0.25) is 0 Å². The Morgan fingerprint density at radius 3 is 1.70 bits per heavy atom. The highest BCUT2D eigenvalue weighted by Crippen LogP contribution is 2.44. The molecule has 0 aromatic rings. The maximum Gasteiger partial charge on any atom is 0.363 e. The Labute approximate surface area is 349 Å². The summed E-state index contributed by atoms with van der Waals surface area (Å²) in [6, 6.07) is 0. The van der Waals surface area contributed by atoms with Gasteiger partial charge in [-0.05, 0) is 20.3 Å². The normalized spacial score (nSPS) is 43.4. The fourth-order valence-electron chi connectivity index (χ4n) is 8.20. The summed E-state index contributed by atoms with van der Waals surface area (Å²) in [4.78, 5) is 0. The van der Waals surface area contributed by atoms with Crippen LogP contribution in [-0.4, -0.2) is 239 Å². The highest BCUT2D eigenvalue weighted by molar-refractivity contribution is 7.41. The Hall–Kier alpha value is -0.490. The Kier molecular flexibility index (Phi) is 22.0. The highest BCUT2D eigenvalue weighted by Gasteiger charge is 2.52.